The molecule has 1 aliphatic rings. The fourth-order valence-corrected chi connectivity index (χ4v) is 1.95. The third-order valence-electron chi connectivity index (χ3n) is 1.98. The molecule has 0 N–H and O–H groups in total. The minimum absolute atomic E-state index is 0.0768. The summed E-state index contributed by atoms with van der Waals surface area (Å²) in [6.45, 7) is 0. The van der Waals surface area contributed by atoms with E-state index >= 15 is 0 Å². The predicted molar refractivity (Wildman–Crippen MR) is 47.8 cm³/mol. The van der Waals surface area contributed by atoms with E-state index in [1.165, 1.54) is 11.3 Å². The molecule has 13 heavy (non-hydrogen) atoms. The Balaban J connectivity index is 2.10. The second-order valence-electron chi connectivity index (χ2n) is 2.89. The summed E-state index contributed by atoms with van der Waals surface area (Å²) in [7, 11) is 0. The fraction of sp³-hybridized carbons (Fsp3) is 0.333. The topological polar surface area (TPSA) is 43.4 Å². The second kappa shape index (κ2) is 3.30. The molecule has 1 aromatic rings. The normalized spacial score (nSPS) is 21.5. The third-order valence-corrected chi connectivity index (χ3v) is 2.67. The van der Waals surface area contributed by atoms with Gasteiger partial charge in [-0.05, 0) is 11.4 Å². The van der Waals surface area contributed by atoms with Crippen LogP contribution in [-0.2, 0) is 9.53 Å². The molecule has 2 rings (SSSR count). The van der Waals surface area contributed by atoms with Gasteiger partial charge in [-0.1, -0.05) is 0 Å². The predicted octanol–water partition coefficient (Wildman–Crippen LogP) is 1.64. The summed E-state index contributed by atoms with van der Waals surface area (Å²) in [4.78, 5) is 22.3. The maximum atomic E-state index is 11.6. The first kappa shape index (κ1) is 8.44. The van der Waals surface area contributed by atoms with Crippen molar-refractivity contribution in [3.63, 3.8) is 0 Å². The van der Waals surface area contributed by atoms with Gasteiger partial charge in [0.05, 0.1) is 0 Å². The Bertz CT molecular complexity index is 329. The number of ether oxygens (including phenoxy) is 1. The Labute approximate surface area is 79.3 Å². The maximum absolute atomic E-state index is 11.6. The van der Waals surface area contributed by atoms with Crippen molar-refractivity contribution in [3.8, 4) is 0 Å². The van der Waals surface area contributed by atoms with Crippen LogP contribution < -0.4 is 0 Å². The van der Waals surface area contributed by atoms with Gasteiger partial charge in [-0.15, -0.1) is 0 Å². The van der Waals surface area contributed by atoms with Crippen molar-refractivity contribution >= 4 is 23.1 Å². The van der Waals surface area contributed by atoms with Crippen LogP contribution in [-0.4, -0.2) is 17.9 Å². The Kier molecular flexibility index (Phi) is 2.14. The SMILES string of the molecule is O=C1CCC(C(=O)c2ccsc2)O1. The van der Waals surface area contributed by atoms with E-state index in [1.54, 1.807) is 11.4 Å². The summed E-state index contributed by atoms with van der Waals surface area (Å²) >= 11 is 1.47. The molecular weight excluding hydrogens is 188 g/mol. The van der Waals surface area contributed by atoms with E-state index in [2.05, 4.69) is 0 Å². The van der Waals surface area contributed by atoms with E-state index in [4.69, 9.17) is 4.74 Å². The van der Waals surface area contributed by atoms with E-state index in [-0.39, 0.29) is 11.8 Å². The Morgan fingerprint density at radius 3 is 3.00 bits per heavy atom. The highest BCUT2D eigenvalue weighted by Gasteiger charge is 2.30. The molecule has 0 aromatic carbocycles. The lowest BCUT2D eigenvalue weighted by Gasteiger charge is -2.05. The number of thiophene rings is 1. The zero-order valence-corrected chi connectivity index (χ0v) is 7.67. The molecule has 68 valence electrons. The van der Waals surface area contributed by atoms with Gasteiger partial charge < -0.3 is 4.74 Å². The molecular formula is C9H8O3S. The summed E-state index contributed by atoms with van der Waals surface area (Å²) in [6.07, 6.45) is 0.343. The van der Waals surface area contributed by atoms with Crippen LogP contribution in [0.15, 0.2) is 16.8 Å². The molecule has 0 bridgehead atoms. The average Bonchev–Trinajstić information content (AvgIpc) is 2.72. The van der Waals surface area contributed by atoms with Crippen LogP contribution in [0.25, 0.3) is 0 Å². The van der Waals surface area contributed by atoms with Gasteiger partial charge in [-0.2, -0.15) is 11.3 Å². The first-order valence-electron chi connectivity index (χ1n) is 4.03. The van der Waals surface area contributed by atoms with Gasteiger partial charge in [-0.25, -0.2) is 0 Å². The van der Waals surface area contributed by atoms with E-state index in [9.17, 15) is 9.59 Å². The van der Waals surface area contributed by atoms with E-state index in [0.29, 0.717) is 18.4 Å². The minimum Gasteiger partial charge on any atom is -0.454 e. The lowest BCUT2D eigenvalue weighted by atomic mass is 10.1. The van der Waals surface area contributed by atoms with E-state index < -0.39 is 6.10 Å². The van der Waals surface area contributed by atoms with Crippen LogP contribution in [0.2, 0.25) is 0 Å². The standard InChI is InChI=1S/C9H8O3S/c10-8-2-1-7(12-8)9(11)6-3-4-13-5-6/h3-5,7H,1-2H2. The highest BCUT2D eigenvalue weighted by atomic mass is 32.1. The number of carbonyl (C=O) groups is 2. The lowest BCUT2D eigenvalue weighted by molar-refractivity contribution is -0.140. The van der Waals surface area contributed by atoms with Crippen LogP contribution >= 0.6 is 11.3 Å². The molecule has 0 radical (unpaired) electrons. The van der Waals surface area contributed by atoms with Crippen molar-refractivity contribution in [2.24, 2.45) is 0 Å². The number of rotatable bonds is 2. The van der Waals surface area contributed by atoms with Crippen LogP contribution in [0, 0.1) is 0 Å². The molecule has 1 aromatic heterocycles. The molecule has 4 heteroatoms. The largest absolute Gasteiger partial charge is 0.454 e. The van der Waals surface area contributed by atoms with Gasteiger partial charge >= 0.3 is 5.97 Å². The second-order valence-corrected chi connectivity index (χ2v) is 3.67. The average molecular weight is 196 g/mol. The summed E-state index contributed by atoms with van der Waals surface area (Å²) in [5.74, 6) is -0.347. The Morgan fingerprint density at radius 2 is 2.46 bits per heavy atom. The molecule has 0 amide bonds. The number of hydrogen-bond donors (Lipinski definition) is 0. The molecule has 2 heterocycles. The van der Waals surface area contributed by atoms with Crippen LogP contribution in [0.1, 0.15) is 23.2 Å². The summed E-state index contributed by atoms with van der Waals surface area (Å²) < 4.78 is 4.86. The zero-order valence-electron chi connectivity index (χ0n) is 6.86. The van der Waals surface area contributed by atoms with Crippen molar-refractivity contribution in [2.45, 2.75) is 18.9 Å². The number of esters is 1. The van der Waals surface area contributed by atoms with E-state index in [0.717, 1.165) is 0 Å². The van der Waals surface area contributed by atoms with Gasteiger partial charge in [0.1, 0.15) is 0 Å². The van der Waals surface area contributed by atoms with E-state index in [1.807, 2.05) is 5.38 Å². The Morgan fingerprint density at radius 1 is 1.62 bits per heavy atom. The quantitative estimate of drug-likeness (QED) is 0.533. The minimum atomic E-state index is -0.540. The summed E-state index contributed by atoms with van der Waals surface area (Å²) in [5, 5.41) is 3.61. The van der Waals surface area contributed by atoms with Crippen LogP contribution in [0.3, 0.4) is 0 Å². The van der Waals surface area contributed by atoms with Crippen LogP contribution in [0.5, 0.6) is 0 Å². The summed E-state index contributed by atoms with van der Waals surface area (Å²) in [5.41, 5.74) is 0.643. The highest BCUT2D eigenvalue weighted by Crippen LogP contribution is 2.19. The first-order valence-corrected chi connectivity index (χ1v) is 4.97. The number of cyclic esters (lactones) is 1. The molecule has 1 saturated heterocycles. The highest BCUT2D eigenvalue weighted by molar-refractivity contribution is 7.08. The molecule has 1 unspecified atom stereocenters. The van der Waals surface area contributed by atoms with Crippen molar-refractivity contribution in [1.82, 2.24) is 0 Å². The first-order chi connectivity index (χ1) is 6.27. The number of Topliss-reactive ketones (excluding diaryl/α,β-unsaturated/α-hetero) is 1. The van der Waals surface area contributed by atoms with Gasteiger partial charge in [0.2, 0.25) is 5.78 Å². The molecule has 1 atom stereocenters. The van der Waals surface area contributed by atoms with Crippen molar-refractivity contribution in [3.05, 3.63) is 22.4 Å². The molecule has 0 saturated carbocycles. The molecule has 1 fully saturated rings. The molecule has 1 aliphatic heterocycles. The maximum Gasteiger partial charge on any atom is 0.306 e. The third kappa shape index (κ3) is 1.62. The smallest absolute Gasteiger partial charge is 0.306 e. The number of hydrogen-bond acceptors (Lipinski definition) is 4. The number of carbonyl (C=O) groups excluding carboxylic acids is 2. The van der Waals surface area contributed by atoms with Gasteiger partial charge in [0, 0.05) is 23.8 Å². The van der Waals surface area contributed by atoms with Crippen molar-refractivity contribution in [1.29, 1.82) is 0 Å². The van der Waals surface area contributed by atoms with Crippen molar-refractivity contribution < 1.29 is 14.3 Å². The summed E-state index contributed by atoms with van der Waals surface area (Å²) in [6, 6.07) is 1.75. The number of ketones is 1. The van der Waals surface area contributed by atoms with Gasteiger partial charge in [-0.3, -0.25) is 9.59 Å². The molecule has 0 spiro atoms. The Hall–Kier alpha value is -1.16. The van der Waals surface area contributed by atoms with Crippen molar-refractivity contribution in [2.75, 3.05) is 0 Å². The van der Waals surface area contributed by atoms with Crippen LogP contribution in [0.4, 0.5) is 0 Å². The molecule has 3 nitrogen and oxygen atoms in total. The fourth-order valence-electron chi connectivity index (χ4n) is 1.30. The monoisotopic (exact) mass is 196 g/mol. The van der Waals surface area contributed by atoms with Gasteiger partial charge in [0.15, 0.2) is 6.10 Å². The lowest BCUT2D eigenvalue weighted by Crippen LogP contribution is -2.19. The van der Waals surface area contributed by atoms with Gasteiger partial charge in [0.25, 0.3) is 0 Å². The zero-order chi connectivity index (χ0) is 9.26. The molecule has 0 aliphatic carbocycles.